The fourth-order valence-corrected chi connectivity index (χ4v) is 13.3. The van der Waals surface area contributed by atoms with Crippen molar-refractivity contribution in [3.63, 3.8) is 0 Å². The van der Waals surface area contributed by atoms with Crippen molar-refractivity contribution in [2.75, 3.05) is 39.6 Å². The van der Waals surface area contributed by atoms with E-state index in [0.29, 0.717) is 31.6 Å². The number of aliphatic hydroxyl groups is 1. The maximum Gasteiger partial charge on any atom is 0.472 e. The van der Waals surface area contributed by atoms with Gasteiger partial charge in [-0.3, -0.25) is 37.3 Å². The molecular formula is C77H150O17P2. The Morgan fingerprint density at radius 1 is 0.292 bits per heavy atom. The first-order chi connectivity index (χ1) is 46.1. The van der Waals surface area contributed by atoms with Crippen LogP contribution in [0.4, 0.5) is 0 Å². The Balaban J connectivity index is 5.24. The van der Waals surface area contributed by atoms with Gasteiger partial charge in [0.15, 0.2) is 12.2 Å². The van der Waals surface area contributed by atoms with Crippen molar-refractivity contribution in [1.82, 2.24) is 0 Å². The number of phosphoric ester groups is 2. The Labute approximate surface area is 588 Å². The zero-order chi connectivity index (χ0) is 71.0. The van der Waals surface area contributed by atoms with Gasteiger partial charge in [0.2, 0.25) is 0 Å². The third-order valence-corrected chi connectivity index (χ3v) is 20.1. The van der Waals surface area contributed by atoms with Crippen LogP contribution in [-0.2, 0) is 65.4 Å². The lowest BCUT2D eigenvalue weighted by atomic mass is 9.99. The first-order valence-electron chi connectivity index (χ1n) is 39.7. The summed E-state index contributed by atoms with van der Waals surface area (Å²) >= 11 is 0. The van der Waals surface area contributed by atoms with Crippen molar-refractivity contribution < 1.29 is 80.2 Å². The highest BCUT2D eigenvalue weighted by atomic mass is 31.2. The Morgan fingerprint density at radius 3 is 0.740 bits per heavy atom. The van der Waals surface area contributed by atoms with Crippen molar-refractivity contribution in [3.8, 4) is 0 Å². The van der Waals surface area contributed by atoms with E-state index in [1.54, 1.807) is 0 Å². The molecule has 3 N–H and O–H groups in total. The molecule has 570 valence electrons. The zero-order valence-corrected chi connectivity index (χ0v) is 64.8. The van der Waals surface area contributed by atoms with Crippen molar-refractivity contribution in [3.05, 3.63) is 0 Å². The van der Waals surface area contributed by atoms with E-state index in [2.05, 4.69) is 55.4 Å². The van der Waals surface area contributed by atoms with E-state index in [1.807, 2.05) is 0 Å². The number of aliphatic hydroxyl groups excluding tert-OH is 1. The van der Waals surface area contributed by atoms with Crippen molar-refractivity contribution >= 4 is 39.5 Å². The molecule has 0 rings (SSSR count). The van der Waals surface area contributed by atoms with Crippen molar-refractivity contribution in [1.29, 1.82) is 0 Å². The predicted molar refractivity (Wildman–Crippen MR) is 391 cm³/mol. The van der Waals surface area contributed by atoms with E-state index in [-0.39, 0.29) is 25.7 Å². The molecule has 6 atom stereocenters. The summed E-state index contributed by atoms with van der Waals surface area (Å²) in [6.07, 6.45) is 51.4. The van der Waals surface area contributed by atoms with Crippen LogP contribution in [0.1, 0.15) is 389 Å². The highest BCUT2D eigenvalue weighted by Crippen LogP contribution is 2.45. The number of rotatable bonds is 74. The van der Waals surface area contributed by atoms with Crippen LogP contribution in [0, 0.1) is 23.7 Å². The molecule has 0 aromatic rings. The van der Waals surface area contributed by atoms with Gasteiger partial charge in [0.1, 0.15) is 19.3 Å². The maximum atomic E-state index is 13.1. The van der Waals surface area contributed by atoms with Gasteiger partial charge in [-0.2, -0.15) is 0 Å². The van der Waals surface area contributed by atoms with Gasteiger partial charge in [-0.05, 0) is 49.4 Å². The van der Waals surface area contributed by atoms with Crippen LogP contribution in [0.25, 0.3) is 0 Å². The minimum absolute atomic E-state index is 0.105. The van der Waals surface area contributed by atoms with Crippen molar-refractivity contribution in [2.24, 2.45) is 23.7 Å². The fraction of sp³-hybridized carbons (Fsp3) is 0.948. The van der Waals surface area contributed by atoms with Gasteiger partial charge in [0.25, 0.3) is 0 Å². The molecule has 0 bridgehead atoms. The summed E-state index contributed by atoms with van der Waals surface area (Å²) in [6, 6.07) is 0. The van der Waals surface area contributed by atoms with Crippen LogP contribution in [0.3, 0.4) is 0 Å². The van der Waals surface area contributed by atoms with Crippen LogP contribution in [0.2, 0.25) is 0 Å². The van der Waals surface area contributed by atoms with E-state index in [4.69, 9.17) is 37.0 Å². The molecule has 0 fully saturated rings. The van der Waals surface area contributed by atoms with Crippen LogP contribution < -0.4 is 0 Å². The second-order valence-electron chi connectivity index (χ2n) is 29.4. The summed E-state index contributed by atoms with van der Waals surface area (Å²) in [5.41, 5.74) is 0. The SMILES string of the molecule is CCC(C)CCCCCCCCCCCCC(=O)O[C@H](COC(=O)CCCCCCCCC(C)C)COP(=O)(O)OC[C@H](O)COP(=O)(O)OC[C@@H](COC(=O)CCCCCCCCCCCCCCC(C)C)OC(=O)CCCCCCCCCCCCCCCCCC(C)C. The number of unbranched alkanes of at least 4 members (excludes halogenated alkanes) is 39. The second kappa shape index (κ2) is 66.3. The molecule has 0 aliphatic rings. The van der Waals surface area contributed by atoms with Gasteiger partial charge in [-0.1, -0.05) is 338 Å². The lowest BCUT2D eigenvalue weighted by Crippen LogP contribution is -2.30. The average Bonchev–Trinajstić information content (AvgIpc) is 1.58. The second-order valence-corrected chi connectivity index (χ2v) is 32.3. The van der Waals surface area contributed by atoms with E-state index in [1.165, 1.54) is 186 Å². The molecule has 19 heteroatoms. The molecule has 0 spiro atoms. The summed E-state index contributed by atoms with van der Waals surface area (Å²) in [5.74, 6) is 0.946. The van der Waals surface area contributed by atoms with Gasteiger partial charge in [-0.25, -0.2) is 9.13 Å². The number of hydrogen-bond acceptors (Lipinski definition) is 15. The quantitative estimate of drug-likeness (QED) is 0.0222. The average molecular weight is 1410 g/mol. The summed E-state index contributed by atoms with van der Waals surface area (Å²) < 4.78 is 68.5. The monoisotopic (exact) mass is 1410 g/mol. The molecule has 0 radical (unpaired) electrons. The molecule has 0 aliphatic carbocycles. The molecule has 0 aromatic carbocycles. The molecule has 0 saturated carbocycles. The van der Waals surface area contributed by atoms with E-state index >= 15 is 0 Å². The maximum absolute atomic E-state index is 13.1. The number of hydrogen-bond donors (Lipinski definition) is 3. The Morgan fingerprint density at radius 2 is 0.500 bits per heavy atom. The van der Waals surface area contributed by atoms with E-state index in [0.717, 1.165) is 114 Å². The van der Waals surface area contributed by atoms with Crippen LogP contribution in [-0.4, -0.2) is 96.7 Å². The normalized spacial score (nSPS) is 14.4. The lowest BCUT2D eigenvalue weighted by molar-refractivity contribution is -0.161. The molecule has 0 aliphatic heterocycles. The molecule has 0 heterocycles. The minimum Gasteiger partial charge on any atom is -0.462 e. The van der Waals surface area contributed by atoms with E-state index < -0.39 is 97.5 Å². The molecule has 0 aromatic heterocycles. The van der Waals surface area contributed by atoms with Crippen LogP contribution >= 0.6 is 15.6 Å². The first kappa shape index (κ1) is 94.1. The highest BCUT2D eigenvalue weighted by molar-refractivity contribution is 7.47. The molecule has 17 nitrogen and oxygen atoms in total. The summed E-state index contributed by atoms with van der Waals surface area (Å²) in [7, 11) is -9.91. The van der Waals surface area contributed by atoms with Gasteiger partial charge in [0, 0.05) is 25.7 Å². The van der Waals surface area contributed by atoms with Gasteiger partial charge < -0.3 is 33.8 Å². The largest absolute Gasteiger partial charge is 0.472 e. The van der Waals surface area contributed by atoms with Gasteiger partial charge in [-0.15, -0.1) is 0 Å². The number of carbonyl (C=O) groups excluding carboxylic acids is 4. The Hall–Kier alpha value is -1.94. The highest BCUT2D eigenvalue weighted by Gasteiger charge is 2.30. The van der Waals surface area contributed by atoms with Crippen LogP contribution in [0.15, 0.2) is 0 Å². The summed E-state index contributed by atoms with van der Waals surface area (Å²) in [5, 5.41) is 10.6. The molecule has 0 amide bonds. The number of carbonyl (C=O) groups is 4. The lowest BCUT2D eigenvalue weighted by Gasteiger charge is -2.21. The topological polar surface area (TPSA) is 237 Å². The predicted octanol–water partition coefficient (Wildman–Crippen LogP) is 22.4. The molecule has 0 saturated heterocycles. The molecule has 96 heavy (non-hydrogen) atoms. The summed E-state index contributed by atoms with van der Waals surface area (Å²) in [6.45, 7) is 14.2. The third kappa shape index (κ3) is 69.2. The fourth-order valence-electron chi connectivity index (χ4n) is 11.7. The summed E-state index contributed by atoms with van der Waals surface area (Å²) in [4.78, 5) is 72.8. The van der Waals surface area contributed by atoms with Gasteiger partial charge in [0.05, 0.1) is 26.4 Å². The minimum atomic E-state index is -4.96. The van der Waals surface area contributed by atoms with Crippen molar-refractivity contribution in [2.45, 2.75) is 408 Å². The molecular weight excluding hydrogens is 1260 g/mol. The first-order valence-corrected chi connectivity index (χ1v) is 42.7. The molecule has 3 unspecified atom stereocenters. The number of esters is 4. The number of ether oxygens (including phenoxy) is 4. The van der Waals surface area contributed by atoms with Crippen LogP contribution in [0.5, 0.6) is 0 Å². The zero-order valence-electron chi connectivity index (χ0n) is 63.0. The Kier molecular flexibility index (Phi) is 65.0. The standard InChI is InChI=1S/C77H150O17P2/c1-9-70(8)56-48-40-31-25-21-22-28-34-44-52-60-77(82)94-73(64-88-75(80)58-50-42-36-35-39-47-55-69(6)7)66-92-96(85,86)90-62-71(78)61-89-95(83,84)91-65-72(63-87-74(79)57-49-41-32-26-19-16-15-18-24-30-38-46-54-68(4)5)93-76(81)59-51-43-33-27-20-14-12-10-11-13-17-23-29-37-45-53-67(2)3/h67-73,78H,9-66H2,1-8H3,(H,83,84)(H,85,86)/t70?,71-,72-,73-/m1/s1. The van der Waals surface area contributed by atoms with E-state index in [9.17, 15) is 43.2 Å². The van der Waals surface area contributed by atoms with Gasteiger partial charge >= 0.3 is 39.5 Å². The Bertz CT molecular complexity index is 1890. The third-order valence-electron chi connectivity index (χ3n) is 18.2. The number of phosphoric acid groups is 2. The smallest absolute Gasteiger partial charge is 0.462 e.